The number of nitrogens with one attached hydrogen (secondary N) is 1. The van der Waals surface area contributed by atoms with Crippen LogP contribution in [0.25, 0.3) is 0 Å². The summed E-state index contributed by atoms with van der Waals surface area (Å²) in [5.41, 5.74) is 2.07. The highest BCUT2D eigenvalue weighted by atomic mass is 127. The standard InChI is InChI=1S/C23H26INO6/c1-3-30-20(6-4-5-7-21(27)28)22(18-14-16(24)10-13-19(18)26)31-23(29)25-17-11-8-15(2)9-12-17/h5,7-14,20,22,26H,3-4,6H2,1-2H3,(H,25,29)(H,27,28)/b7-5+/t20-,22-/m1/s1. The number of carbonyl (C=O) groups is 2. The number of amides is 1. The largest absolute Gasteiger partial charge is 0.508 e. The van der Waals surface area contributed by atoms with Crippen LogP contribution in [0, 0.1) is 10.5 Å². The Morgan fingerprint density at radius 1 is 1.19 bits per heavy atom. The molecule has 0 saturated carbocycles. The SMILES string of the molecule is CCO[C@H](CC/C=C/C(=O)O)[C@H](OC(=O)Nc1ccc(C)cc1)c1cc(I)ccc1O. The van der Waals surface area contributed by atoms with Crippen molar-refractivity contribution < 1.29 is 29.3 Å². The fourth-order valence-corrected chi connectivity index (χ4v) is 3.49. The van der Waals surface area contributed by atoms with E-state index in [1.807, 2.05) is 26.0 Å². The van der Waals surface area contributed by atoms with E-state index in [2.05, 4.69) is 27.9 Å². The van der Waals surface area contributed by atoms with E-state index >= 15 is 0 Å². The van der Waals surface area contributed by atoms with Crippen LogP contribution in [0.1, 0.15) is 37.0 Å². The highest BCUT2D eigenvalue weighted by molar-refractivity contribution is 14.1. The van der Waals surface area contributed by atoms with Crippen molar-refractivity contribution in [2.24, 2.45) is 0 Å². The van der Waals surface area contributed by atoms with Gasteiger partial charge in [0.25, 0.3) is 0 Å². The second kappa shape index (κ2) is 12.3. The Morgan fingerprint density at radius 2 is 1.90 bits per heavy atom. The molecule has 2 aromatic carbocycles. The number of aromatic hydroxyl groups is 1. The van der Waals surface area contributed by atoms with Gasteiger partial charge < -0.3 is 19.7 Å². The topological polar surface area (TPSA) is 105 Å². The normalized spacial score (nSPS) is 13.0. The van der Waals surface area contributed by atoms with Crippen molar-refractivity contribution in [3.05, 3.63) is 69.3 Å². The maximum atomic E-state index is 12.6. The molecule has 0 unspecified atom stereocenters. The van der Waals surface area contributed by atoms with Crippen LogP contribution in [-0.2, 0) is 14.3 Å². The van der Waals surface area contributed by atoms with Gasteiger partial charge in [0.2, 0.25) is 0 Å². The zero-order chi connectivity index (χ0) is 22.8. The Bertz CT molecular complexity index is 913. The molecule has 0 aliphatic carbocycles. The van der Waals surface area contributed by atoms with E-state index < -0.39 is 24.3 Å². The summed E-state index contributed by atoms with van der Waals surface area (Å²) in [5, 5.41) is 21.9. The van der Waals surface area contributed by atoms with Crippen molar-refractivity contribution in [1.82, 2.24) is 0 Å². The van der Waals surface area contributed by atoms with Crippen molar-refractivity contribution in [1.29, 1.82) is 0 Å². The van der Waals surface area contributed by atoms with Crippen LogP contribution in [0.15, 0.2) is 54.6 Å². The number of phenols is 1. The second-order valence-corrected chi connectivity index (χ2v) is 8.08. The summed E-state index contributed by atoms with van der Waals surface area (Å²) >= 11 is 2.11. The molecule has 0 saturated heterocycles. The van der Waals surface area contributed by atoms with Gasteiger partial charge in [0, 0.05) is 27.5 Å². The van der Waals surface area contributed by atoms with Gasteiger partial charge >= 0.3 is 12.1 Å². The van der Waals surface area contributed by atoms with E-state index in [4.69, 9.17) is 14.6 Å². The zero-order valence-electron chi connectivity index (χ0n) is 17.4. The molecule has 2 rings (SSSR count). The maximum absolute atomic E-state index is 12.6. The van der Waals surface area contributed by atoms with Crippen molar-refractivity contribution in [2.75, 3.05) is 11.9 Å². The fraction of sp³-hybridized carbons (Fsp3) is 0.304. The van der Waals surface area contributed by atoms with Crippen molar-refractivity contribution >= 4 is 40.3 Å². The van der Waals surface area contributed by atoms with E-state index in [0.29, 0.717) is 30.7 Å². The lowest BCUT2D eigenvalue weighted by Gasteiger charge is -2.28. The molecule has 0 aliphatic rings. The molecule has 3 N–H and O–H groups in total. The molecule has 0 spiro atoms. The number of carboxylic acid groups (broad SMARTS) is 1. The first-order valence-corrected chi connectivity index (χ1v) is 10.9. The number of aryl methyl sites for hydroxylation is 1. The number of carboxylic acids is 1. The summed E-state index contributed by atoms with van der Waals surface area (Å²) in [4.78, 5) is 23.4. The number of hydrogen-bond donors (Lipinski definition) is 3. The third-order valence-electron chi connectivity index (χ3n) is 4.42. The number of allylic oxidation sites excluding steroid dienone is 1. The maximum Gasteiger partial charge on any atom is 0.412 e. The van der Waals surface area contributed by atoms with Gasteiger partial charge in [0.15, 0.2) is 6.10 Å². The predicted octanol–water partition coefficient (Wildman–Crippen LogP) is 5.42. The number of benzene rings is 2. The molecule has 0 aromatic heterocycles. The summed E-state index contributed by atoms with van der Waals surface area (Å²) in [6, 6.07) is 12.3. The molecule has 0 radical (unpaired) electrons. The van der Waals surface area contributed by atoms with E-state index in [-0.39, 0.29) is 5.75 Å². The number of rotatable bonds is 10. The molecule has 7 nitrogen and oxygen atoms in total. The molecule has 2 atom stereocenters. The lowest BCUT2D eigenvalue weighted by atomic mass is 9.99. The van der Waals surface area contributed by atoms with E-state index in [1.165, 1.54) is 6.08 Å². The number of ether oxygens (including phenoxy) is 2. The van der Waals surface area contributed by atoms with Crippen molar-refractivity contribution in [3.8, 4) is 5.75 Å². The molecule has 0 bridgehead atoms. The minimum Gasteiger partial charge on any atom is -0.508 e. The van der Waals surface area contributed by atoms with Crippen molar-refractivity contribution in [2.45, 2.75) is 38.9 Å². The monoisotopic (exact) mass is 539 g/mol. The van der Waals surface area contributed by atoms with Gasteiger partial charge in [-0.2, -0.15) is 0 Å². The Hall–Kier alpha value is -2.59. The number of phenolic OH excluding ortho intramolecular Hbond substituents is 1. The number of aliphatic carboxylic acids is 1. The van der Waals surface area contributed by atoms with Gasteiger partial charge in [0.05, 0.1) is 6.10 Å². The average Bonchev–Trinajstić information content (AvgIpc) is 2.72. The Kier molecular flexibility index (Phi) is 9.80. The quantitative estimate of drug-likeness (QED) is 0.275. The molecule has 1 amide bonds. The molecule has 0 heterocycles. The molecule has 166 valence electrons. The zero-order valence-corrected chi connectivity index (χ0v) is 19.5. The highest BCUT2D eigenvalue weighted by Crippen LogP contribution is 2.34. The first kappa shape index (κ1) is 24.7. The minimum absolute atomic E-state index is 0.0145. The Morgan fingerprint density at radius 3 is 2.55 bits per heavy atom. The van der Waals surface area contributed by atoms with Gasteiger partial charge in [-0.25, -0.2) is 9.59 Å². The van der Waals surface area contributed by atoms with Gasteiger partial charge in [0.1, 0.15) is 5.75 Å². The van der Waals surface area contributed by atoms with Crippen LogP contribution in [0.4, 0.5) is 10.5 Å². The summed E-state index contributed by atoms with van der Waals surface area (Å²) in [6.45, 7) is 4.12. The second-order valence-electron chi connectivity index (χ2n) is 6.83. The van der Waals surface area contributed by atoms with E-state index in [0.717, 1.165) is 15.2 Å². The lowest BCUT2D eigenvalue weighted by Crippen LogP contribution is -2.29. The van der Waals surface area contributed by atoms with Crippen LogP contribution in [0.5, 0.6) is 5.75 Å². The van der Waals surface area contributed by atoms with Gasteiger partial charge in [-0.1, -0.05) is 23.8 Å². The first-order chi connectivity index (χ1) is 14.8. The average molecular weight is 539 g/mol. The minimum atomic E-state index is -1.03. The first-order valence-electron chi connectivity index (χ1n) is 9.84. The van der Waals surface area contributed by atoms with Crippen LogP contribution in [0.2, 0.25) is 0 Å². The molecule has 0 fully saturated rings. The van der Waals surface area contributed by atoms with E-state index in [9.17, 15) is 14.7 Å². The number of halogens is 1. The van der Waals surface area contributed by atoms with Gasteiger partial charge in [-0.15, -0.1) is 0 Å². The van der Waals surface area contributed by atoms with Gasteiger partial charge in [-0.05, 0) is 79.6 Å². The van der Waals surface area contributed by atoms with Crippen LogP contribution < -0.4 is 5.32 Å². The molecule has 8 heteroatoms. The molecular formula is C23H26INO6. The third-order valence-corrected chi connectivity index (χ3v) is 5.10. The van der Waals surface area contributed by atoms with Crippen LogP contribution >= 0.6 is 22.6 Å². The molecule has 31 heavy (non-hydrogen) atoms. The van der Waals surface area contributed by atoms with E-state index in [1.54, 1.807) is 30.3 Å². The van der Waals surface area contributed by atoms with Crippen molar-refractivity contribution in [3.63, 3.8) is 0 Å². The summed E-state index contributed by atoms with van der Waals surface area (Å²) in [7, 11) is 0. The van der Waals surface area contributed by atoms with Crippen LogP contribution in [-0.4, -0.2) is 35.0 Å². The smallest absolute Gasteiger partial charge is 0.412 e. The summed E-state index contributed by atoms with van der Waals surface area (Å²) in [6.07, 6.45) is 1.22. The Labute approximate surface area is 195 Å². The third kappa shape index (κ3) is 8.22. The molecule has 0 aliphatic heterocycles. The molecule has 2 aromatic rings. The number of anilines is 1. The number of hydrogen-bond acceptors (Lipinski definition) is 5. The highest BCUT2D eigenvalue weighted by Gasteiger charge is 2.30. The predicted molar refractivity (Wildman–Crippen MR) is 126 cm³/mol. The van der Waals surface area contributed by atoms with Gasteiger partial charge in [-0.3, -0.25) is 5.32 Å². The summed E-state index contributed by atoms with van der Waals surface area (Å²) < 4.78 is 12.4. The molecular weight excluding hydrogens is 513 g/mol. The summed E-state index contributed by atoms with van der Waals surface area (Å²) in [5.74, 6) is -1.05. The van der Waals surface area contributed by atoms with Crippen LogP contribution in [0.3, 0.4) is 0 Å². The Balaban J connectivity index is 2.26. The number of carbonyl (C=O) groups excluding carboxylic acids is 1. The fourth-order valence-electron chi connectivity index (χ4n) is 2.97. The lowest BCUT2D eigenvalue weighted by molar-refractivity contribution is -0.131.